The fourth-order valence-corrected chi connectivity index (χ4v) is 1.77. The van der Waals surface area contributed by atoms with Crippen LogP contribution in [0.1, 0.15) is 26.3 Å². The highest BCUT2D eigenvalue weighted by molar-refractivity contribution is 5.84. The first-order chi connectivity index (χ1) is 9.20. The molecule has 5 nitrogen and oxygen atoms in total. The van der Waals surface area contributed by atoms with Crippen LogP contribution in [-0.2, 0) is 20.7 Å². The fraction of sp³-hybridized carbons (Fsp3) is 0.467. The lowest BCUT2D eigenvalue weighted by Crippen LogP contribution is -2.46. The quantitative estimate of drug-likeness (QED) is 0.799. The summed E-state index contributed by atoms with van der Waals surface area (Å²) in [7, 11) is 0. The topological polar surface area (TPSA) is 89.6 Å². The first kappa shape index (κ1) is 16.2. The van der Waals surface area contributed by atoms with E-state index in [0.717, 1.165) is 5.56 Å². The monoisotopic (exact) mass is 279 g/mol. The molecule has 5 heteroatoms. The van der Waals surface area contributed by atoms with Crippen molar-refractivity contribution in [2.45, 2.75) is 38.8 Å². The number of hydrogen-bond donors (Lipinski definition) is 2. The molecule has 1 rings (SSSR count). The molecule has 3 N–H and O–H groups in total. The molecule has 1 aromatic carbocycles. The van der Waals surface area contributed by atoms with Crippen molar-refractivity contribution in [1.82, 2.24) is 0 Å². The molecule has 0 aliphatic rings. The van der Waals surface area contributed by atoms with E-state index >= 15 is 0 Å². The molecule has 0 saturated carbocycles. The van der Waals surface area contributed by atoms with Gasteiger partial charge in [0.25, 0.3) is 0 Å². The van der Waals surface area contributed by atoms with Crippen molar-refractivity contribution in [3.63, 3.8) is 0 Å². The van der Waals surface area contributed by atoms with Gasteiger partial charge in [-0.05, 0) is 32.8 Å². The molecule has 1 unspecified atom stereocenters. The summed E-state index contributed by atoms with van der Waals surface area (Å²) in [6.07, 6.45) is 0.191. The van der Waals surface area contributed by atoms with Crippen molar-refractivity contribution in [2.24, 2.45) is 11.7 Å². The third kappa shape index (κ3) is 5.01. The van der Waals surface area contributed by atoms with Crippen molar-refractivity contribution < 1.29 is 19.4 Å². The maximum absolute atomic E-state index is 11.9. The molecular formula is C15H21NO4. The first-order valence-electron chi connectivity index (χ1n) is 6.46. The summed E-state index contributed by atoms with van der Waals surface area (Å²) in [6.45, 7) is 5.14. The summed E-state index contributed by atoms with van der Waals surface area (Å²) >= 11 is 0. The van der Waals surface area contributed by atoms with Crippen molar-refractivity contribution in [2.75, 3.05) is 0 Å². The summed E-state index contributed by atoms with van der Waals surface area (Å²) in [5.41, 5.74) is 5.89. The van der Waals surface area contributed by atoms with E-state index in [0.29, 0.717) is 0 Å². The molecule has 0 aliphatic carbocycles. The maximum Gasteiger partial charge on any atom is 0.324 e. The number of carboxylic acid groups (broad SMARTS) is 1. The largest absolute Gasteiger partial charge is 0.481 e. The molecule has 110 valence electrons. The van der Waals surface area contributed by atoms with Gasteiger partial charge >= 0.3 is 11.9 Å². The molecule has 0 saturated heterocycles. The van der Waals surface area contributed by atoms with E-state index in [1.807, 2.05) is 18.2 Å². The summed E-state index contributed by atoms with van der Waals surface area (Å²) in [4.78, 5) is 23.2. The lowest BCUT2D eigenvalue weighted by atomic mass is 9.92. The van der Waals surface area contributed by atoms with Gasteiger partial charge in [0.15, 0.2) is 0 Å². The van der Waals surface area contributed by atoms with Gasteiger partial charge in [-0.15, -0.1) is 0 Å². The van der Waals surface area contributed by atoms with Gasteiger partial charge in [-0.1, -0.05) is 30.3 Å². The van der Waals surface area contributed by atoms with Crippen LogP contribution in [0.3, 0.4) is 0 Å². The Morgan fingerprint density at radius 3 is 2.25 bits per heavy atom. The van der Waals surface area contributed by atoms with Crippen LogP contribution in [0, 0.1) is 5.92 Å². The number of carbonyl (C=O) groups is 2. The number of nitrogens with two attached hydrogens (primary N) is 1. The molecular weight excluding hydrogens is 258 g/mol. The minimum absolute atomic E-state index is 0.191. The summed E-state index contributed by atoms with van der Waals surface area (Å²) in [6, 6.07) is 7.88. The number of esters is 1. The SMILES string of the molecule is CC(C)(C)OC(=O)[C@H](N)C(Cc1ccccc1)C(=O)O. The van der Waals surface area contributed by atoms with E-state index in [4.69, 9.17) is 10.5 Å². The minimum atomic E-state index is -1.19. The van der Waals surface area contributed by atoms with Crippen molar-refractivity contribution in [3.05, 3.63) is 35.9 Å². The number of carboxylic acids is 1. The van der Waals surface area contributed by atoms with E-state index in [-0.39, 0.29) is 6.42 Å². The predicted molar refractivity (Wildman–Crippen MR) is 75.1 cm³/mol. The average molecular weight is 279 g/mol. The Morgan fingerprint density at radius 2 is 1.80 bits per heavy atom. The smallest absolute Gasteiger partial charge is 0.324 e. The van der Waals surface area contributed by atoms with E-state index in [9.17, 15) is 14.7 Å². The second-order valence-electron chi connectivity index (χ2n) is 5.69. The molecule has 0 radical (unpaired) electrons. The van der Waals surface area contributed by atoms with Gasteiger partial charge in [0, 0.05) is 0 Å². The highest BCUT2D eigenvalue weighted by atomic mass is 16.6. The molecule has 0 fully saturated rings. The van der Waals surface area contributed by atoms with Crippen LogP contribution in [0.5, 0.6) is 0 Å². The zero-order valence-electron chi connectivity index (χ0n) is 12.0. The lowest BCUT2D eigenvalue weighted by Gasteiger charge is -2.25. The molecule has 0 aliphatic heterocycles. The number of hydrogen-bond acceptors (Lipinski definition) is 4. The standard InChI is InChI=1S/C15H21NO4/c1-15(2,3)20-14(19)12(16)11(13(17)18)9-10-7-5-4-6-8-10/h4-8,11-12H,9,16H2,1-3H3,(H,17,18)/t11?,12-/m1/s1. The van der Waals surface area contributed by atoms with E-state index < -0.39 is 29.5 Å². The third-order valence-electron chi connectivity index (χ3n) is 2.73. The Morgan fingerprint density at radius 1 is 1.25 bits per heavy atom. The summed E-state index contributed by atoms with van der Waals surface area (Å²) in [5.74, 6) is -2.81. The van der Waals surface area contributed by atoms with Gasteiger partial charge in [0.1, 0.15) is 11.6 Å². The van der Waals surface area contributed by atoms with Crippen LogP contribution in [0.15, 0.2) is 30.3 Å². The Hall–Kier alpha value is -1.88. The van der Waals surface area contributed by atoms with Crippen LogP contribution in [0.25, 0.3) is 0 Å². The average Bonchev–Trinajstić information content (AvgIpc) is 2.34. The number of ether oxygens (including phenoxy) is 1. The predicted octanol–water partition coefficient (Wildman–Crippen LogP) is 1.60. The zero-order valence-corrected chi connectivity index (χ0v) is 12.0. The molecule has 0 aromatic heterocycles. The molecule has 0 amide bonds. The van der Waals surface area contributed by atoms with Crippen LogP contribution < -0.4 is 5.73 Å². The number of rotatable bonds is 5. The van der Waals surface area contributed by atoms with Crippen LogP contribution in [0.2, 0.25) is 0 Å². The molecule has 0 heterocycles. The van der Waals surface area contributed by atoms with E-state index in [2.05, 4.69) is 0 Å². The molecule has 0 bridgehead atoms. The zero-order chi connectivity index (χ0) is 15.3. The molecule has 20 heavy (non-hydrogen) atoms. The summed E-state index contributed by atoms with van der Waals surface area (Å²) < 4.78 is 5.14. The summed E-state index contributed by atoms with van der Waals surface area (Å²) in [5, 5.41) is 9.26. The van der Waals surface area contributed by atoms with Gasteiger partial charge in [0.2, 0.25) is 0 Å². The number of aliphatic carboxylic acids is 1. The second-order valence-corrected chi connectivity index (χ2v) is 5.69. The Balaban J connectivity index is 2.81. The Labute approximate surface area is 118 Å². The highest BCUT2D eigenvalue weighted by Gasteiger charge is 2.33. The van der Waals surface area contributed by atoms with E-state index in [1.54, 1.807) is 32.9 Å². The molecule has 1 aromatic rings. The van der Waals surface area contributed by atoms with Gasteiger partial charge in [0.05, 0.1) is 5.92 Å². The fourth-order valence-electron chi connectivity index (χ4n) is 1.77. The van der Waals surface area contributed by atoms with Gasteiger partial charge in [-0.25, -0.2) is 0 Å². The van der Waals surface area contributed by atoms with Gasteiger partial charge in [-0.2, -0.15) is 0 Å². The number of benzene rings is 1. The van der Waals surface area contributed by atoms with Crippen LogP contribution in [-0.4, -0.2) is 28.7 Å². The lowest BCUT2D eigenvalue weighted by molar-refractivity contribution is -0.161. The maximum atomic E-state index is 11.9. The van der Waals surface area contributed by atoms with Gasteiger partial charge < -0.3 is 15.6 Å². The Bertz CT molecular complexity index is 465. The van der Waals surface area contributed by atoms with Crippen molar-refractivity contribution in [1.29, 1.82) is 0 Å². The Kier molecular flexibility index (Phi) is 5.27. The van der Waals surface area contributed by atoms with Crippen molar-refractivity contribution in [3.8, 4) is 0 Å². The van der Waals surface area contributed by atoms with Gasteiger partial charge in [-0.3, -0.25) is 9.59 Å². The van der Waals surface area contributed by atoms with Crippen molar-refractivity contribution >= 4 is 11.9 Å². The molecule has 2 atom stereocenters. The second kappa shape index (κ2) is 6.52. The van der Waals surface area contributed by atoms with Crippen LogP contribution in [0.4, 0.5) is 0 Å². The highest BCUT2D eigenvalue weighted by Crippen LogP contribution is 2.16. The third-order valence-corrected chi connectivity index (χ3v) is 2.73. The normalized spacial score (nSPS) is 14.4. The van der Waals surface area contributed by atoms with E-state index in [1.165, 1.54) is 0 Å². The van der Waals surface area contributed by atoms with Crippen LogP contribution >= 0.6 is 0 Å². The minimum Gasteiger partial charge on any atom is -0.481 e. The number of carbonyl (C=O) groups excluding carboxylic acids is 1. The molecule has 0 spiro atoms. The first-order valence-corrected chi connectivity index (χ1v) is 6.46.